The summed E-state index contributed by atoms with van der Waals surface area (Å²) in [6, 6.07) is 0. The Morgan fingerprint density at radius 1 is 1.36 bits per heavy atom. The van der Waals surface area contributed by atoms with Crippen LogP contribution < -0.4 is 5.32 Å². The molecule has 0 bridgehead atoms. The lowest BCUT2D eigenvalue weighted by atomic mass is 9.92. The quantitative estimate of drug-likeness (QED) is 0.724. The zero-order valence-electron chi connectivity index (χ0n) is 10.3. The van der Waals surface area contributed by atoms with E-state index < -0.39 is 0 Å². The standard InChI is InChI=1S/C12H25NO/c1-6-10(2)7-8-13-11(14)9-12(3,4)5/h10H,6-9H2,1-5H3,(H,13,14). The van der Waals surface area contributed by atoms with Gasteiger partial charge in [0.1, 0.15) is 0 Å². The molecule has 0 aromatic rings. The van der Waals surface area contributed by atoms with Crippen LogP contribution in [0.1, 0.15) is 53.9 Å². The van der Waals surface area contributed by atoms with Gasteiger partial charge in [0, 0.05) is 13.0 Å². The highest BCUT2D eigenvalue weighted by Crippen LogP contribution is 2.17. The van der Waals surface area contributed by atoms with E-state index in [0.717, 1.165) is 13.0 Å². The van der Waals surface area contributed by atoms with E-state index in [9.17, 15) is 4.79 Å². The van der Waals surface area contributed by atoms with Crippen molar-refractivity contribution in [3.63, 3.8) is 0 Å². The molecular formula is C12H25NO. The van der Waals surface area contributed by atoms with Crippen molar-refractivity contribution in [3.05, 3.63) is 0 Å². The van der Waals surface area contributed by atoms with Gasteiger partial charge < -0.3 is 5.32 Å². The molecule has 0 rings (SSSR count). The van der Waals surface area contributed by atoms with Crippen LogP contribution in [0, 0.1) is 11.3 Å². The molecule has 84 valence electrons. The SMILES string of the molecule is CCC(C)CCNC(=O)CC(C)(C)C. The van der Waals surface area contributed by atoms with Gasteiger partial charge in [-0.2, -0.15) is 0 Å². The molecule has 1 N–H and O–H groups in total. The molecule has 0 radical (unpaired) electrons. The summed E-state index contributed by atoms with van der Waals surface area (Å²) >= 11 is 0. The molecule has 14 heavy (non-hydrogen) atoms. The number of nitrogens with one attached hydrogen (secondary N) is 1. The normalized spacial score (nSPS) is 13.8. The molecule has 0 saturated carbocycles. The predicted molar refractivity (Wildman–Crippen MR) is 61.2 cm³/mol. The van der Waals surface area contributed by atoms with Crippen molar-refractivity contribution in [1.82, 2.24) is 5.32 Å². The maximum Gasteiger partial charge on any atom is 0.220 e. The molecule has 0 aliphatic heterocycles. The molecule has 0 heterocycles. The third-order valence-electron chi connectivity index (χ3n) is 2.35. The fourth-order valence-corrected chi connectivity index (χ4v) is 1.21. The minimum atomic E-state index is 0.0977. The fourth-order valence-electron chi connectivity index (χ4n) is 1.21. The van der Waals surface area contributed by atoms with Gasteiger partial charge in [0.2, 0.25) is 5.91 Å². The van der Waals surface area contributed by atoms with E-state index in [1.54, 1.807) is 0 Å². The van der Waals surface area contributed by atoms with E-state index in [-0.39, 0.29) is 11.3 Å². The molecule has 1 amide bonds. The molecule has 0 aliphatic rings. The van der Waals surface area contributed by atoms with Crippen molar-refractivity contribution in [1.29, 1.82) is 0 Å². The smallest absolute Gasteiger partial charge is 0.220 e. The monoisotopic (exact) mass is 199 g/mol. The maximum atomic E-state index is 11.4. The van der Waals surface area contributed by atoms with Crippen molar-refractivity contribution in [2.75, 3.05) is 6.54 Å². The average Bonchev–Trinajstić information content (AvgIpc) is 2.00. The van der Waals surface area contributed by atoms with Gasteiger partial charge in [-0.1, -0.05) is 41.0 Å². The van der Waals surface area contributed by atoms with Gasteiger partial charge in [-0.05, 0) is 17.8 Å². The number of carbonyl (C=O) groups is 1. The van der Waals surface area contributed by atoms with E-state index in [1.807, 2.05) is 0 Å². The van der Waals surface area contributed by atoms with Crippen molar-refractivity contribution >= 4 is 5.91 Å². The molecule has 2 heteroatoms. The third kappa shape index (κ3) is 8.09. The lowest BCUT2D eigenvalue weighted by molar-refractivity contribution is -0.122. The lowest BCUT2D eigenvalue weighted by Gasteiger charge is -2.17. The van der Waals surface area contributed by atoms with E-state index >= 15 is 0 Å². The Balaban J connectivity index is 3.55. The van der Waals surface area contributed by atoms with Crippen LogP contribution in [0.4, 0.5) is 0 Å². The highest BCUT2D eigenvalue weighted by Gasteiger charge is 2.15. The highest BCUT2D eigenvalue weighted by molar-refractivity contribution is 5.76. The van der Waals surface area contributed by atoms with Crippen LogP contribution in [0.25, 0.3) is 0 Å². The van der Waals surface area contributed by atoms with Crippen LogP contribution in [0.2, 0.25) is 0 Å². The largest absolute Gasteiger partial charge is 0.356 e. The molecule has 0 spiro atoms. The summed E-state index contributed by atoms with van der Waals surface area (Å²) in [6.07, 6.45) is 2.90. The van der Waals surface area contributed by atoms with Crippen LogP contribution in [-0.2, 0) is 4.79 Å². The van der Waals surface area contributed by atoms with Crippen molar-refractivity contribution in [2.24, 2.45) is 11.3 Å². The number of hydrogen-bond acceptors (Lipinski definition) is 1. The molecule has 0 aliphatic carbocycles. The number of hydrogen-bond donors (Lipinski definition) is 1. The van der Waals surface area contributed by atoms with E-state index in [2.05, 4.69) is 39.9 Å². The highest BCUT2D eigenvalue weighted by atomic mass is 16.1. The van der Waals surface area contributed by atoms with Crippen LogP contribution in [0.5, 0.6) is 0 Å². The Hall–Kier alpha value is -0.530. The molecule has 0 saturated heterocycles. The third-order valence-corrected chi connectivity index (χ3v) is 2.35. The Bertz CT molecular complexity index is 170. The Kier molecular flexibility index (Phi) is 5.82. The Morgan fingerprint density at radius 2 is 1.93 bits per heavy atom. The minimum absolute atomic E-state index is 0.0977. The Labute approximate surface area is 88.5 Å². The van der Waals surface area contributed by atoms with Crippen molar-refractivity contribution in [2.45, 2.75) is 53.9 Å². The van der Waals surface area contributed by atoms with E-state index in [4.69, 9.17) is 0 Å². The number of amides is 1. The average molecular weight is 199 g/mol. The first-order valence-electron chi connectivity index (χ1n) is 5.62. The number of carbonyl (C=O) groups excluding carboxylic acids is 1. The first kappa shape index (κ1) is 13.5. The first-order valence-corrected chi connectivity index (χ1v) is 5.62. The summed E-state index contributed by atoms with van der Waals surface area (Å²) in [6.45, 7) is 11.5. The summed E-state index contributed by atoms with van der Waals surface area (Å²) in [5.74, 6) is 0.894. The van der Waals surface area contributed by atoms with Gasteiger partial charge in [-0.3, -0.25) is 4.79 Å². The van der Waals surface area contributed by atoms with Crippen LogP contribution in [0.3, 0.4) is 0 Å². The fraction of sp³-hybridized carbons (Fsp3) is 0.917. The lowest BCUT2D eigenvalue weighted by Crippen LogP contribution is -2.29. The van der Waals surface area contributed by atoms with Gasteiger partial charge in [-0.25, -0.2) is 0 Å². The second-order valence-corrected chi connectivity index (χ2v) is 5.39. The zero-order chi connectivity index (χ0) is 11.2. The minimum Gasteiger partial charge on any atom is -0.356 e. The van der Waals surface area contributed by atoms with Crippen LogP contribution in [-0.4, -0.2) is 12.5 Å². The molecule has 0 aromatic carbocycles. The van der Waals surface area contributed by atoms with Crippen molar-refractivity contribution in [3.8, 4) is 0 Å². The van der Waals surface area contributed by atoms with Gasteiger partial charge in [0.15, 0.2) is 0 Å². The number of rotatable bonds is 5. The topological polar surface area (TPSA) is 29.1 Å². The van der Waals surface area contributed by atoms with Gasteiger partial charge in [-0.15, -0.1) is 0 Å². The second-order valence-electron chi connectivity index (χ2n) is 5.39. The second kappa shape index (κ2) is 6.05. The maximum absolute atomic E-state index is 11.4. The summed E-state index contributed by atoms with van der Waals surface area (Å²) in [5.41, 5.74) is 0.0977. The summed E-state index contributed by atoms with van der Waals surface area (Å²) < 4.78 is 0. The summed E-state index contributed by atoms with van der Waals surface area (Å²) in [5, 5.41) is 2.97. The summed E-state index contributed by atoms with van der Waals surface area (Å²) in [4.78, 5) is 11.4. The van der Waals surface area contributed by atoms with E-state index in [0.29, 0.717) is 12.3 Å². The predicted octanol–water partition coefficient (Wildman–Crippen LogP) is 2.98. The van der Waals surface area contributed by atoms with Gasteiger partial charge in [0.25, 0.3) is 0 Å². The van der Waals surface area contributed by atoms with Crippen molar-refractivity contribution < 1.29 is 4.79 Å². The Morgan fingerprint density at radius 3 is 2.36 bits per heavy atom. The molecular weight excluding hydrogens is 174 g/mol. The molecule has 0 aromatic heterocycles. The van der Waals surface area contributed by atoms with Gasteiger partial charge in [0.05, 0.1) is 0 Å². The zero-order valence-corrected chi connectivity index (χ0v) is 10.3. The van der Waals surface area contributed by atoms with Crippen LogP contribution in [0.15, 0.2) is 0 Å². The molecule has 1 atom stereocenters. The van der Waals surface area contributed by atoms with E-state index in [1.165, 1.54) is 6.42 Å². The van der Waals surface area contributed by atoms with Crippen LogP contribution >= 0.6 is 0 Å². The summed E-state index contributed by atoms with van der Waals surface area (Å²) in [7, 11) is 0. The first-order chi connectivity index (χ1) is 6.35. The molecule has 1 unspecified atom stereocenters. The van der Waals surface area contributed by atoms with Gasteiger partial charge >= 0.3 is 0 Å². The molecule has 0 fully saturated rings. The molecule has 2 nitrogen and oxygen atoms in total.